The van der Waals surface area contributed by atoms with Crippen molar-refractivity contribution in [2.45, 2.75) is 20.8 Å². The third-order valence-electron chi connectivity index (χ3n) is 4.47. The van der Waals surface area contributed by atoms with Gasteiger partial charge < -0.3 is 15.2 Å². The molecule has 0 aliphatic heterocycles. The summed E-state index contributed by atoms with van der Waals surface area (Å²) in [6, 6.07) is 16.7. The number of nitrogens with zero attached hydrogens (tertiary/aromatic N) is 1. The smallest absolute Gasteiger partial charge is 0.251 e. The molecule has 0 saturated carbocycles. The zero-order chi connectivity index (χ0) is 20.3. The first kappa shape index (κ1) is 19.7. The van der Waals surface area contributed by atoms with Gasteiger partial charge in [-0.3, -0.25) is 9.59 Å². The van der Waals surface area contributed by atoms with Crippen molar-refractivity contribution in [3.05, 3.63) is 82.1 Å². The maximum atomic E-state index is 12.3. The van der Waals surface area contributed by atoms with E-state index in [0.29, 0.717) is 16.3 Å². The molecule has 0 aliphatic carbocycles. The van der Waals surface area contributed by atoms with Crippen LogP contribution in [0, 0.1) is 20.8 Å². The SMILES string of the molecule is Cc1ccc(NC(=O)CNC(=O)c2ccc(-n3c(C)ccc3C)cc2)c(Cl)c1. The highest BCUT2D eigenvalue weighted by Crippen LogP contribution is 2.22. The van der Waals surface area contributed by atoms with E-state index in [0.717, 1.165) is 22.6 Å². The number of halogens is 1. The Kier molecular flexibility index (Phi) is 5.85. The van der Waals surface area contributed by atoms with Crippen LogP contribution in [0.25, 0.3) is 5.69 Å². The molecule has 6 heteroatoms. The van der Waals surface area contributed by atoms with E-state index in [4.69, 9.17) is 11.6 Å². The van der Waals surface area contributed by atoms with Crippen LogP contribution in [0.5, 0.6) is 0 Å². The number of nitrogens with one attached hydrogen (secondary N) is 2. The average molecular weight is 396 g/mol. The molecule has 0 radical (unpaired) electrons. The highest BCUT2D eigenvalue weighted by Gasteiger charge is 2.11. The van der Waals surface area contributed by atoms with Crippen LogP contribution >= 0.6 is 11.6 Å². The monoisotopic (exact) mass is 395 g/mol. The fourth-order valence-electron chi connectivity index (χ4n) is 3.02. The van der Waals surface area contributed by atoms with E-state index in [1.54, 1.807) is 24.3 Å². The highest BCUT2D eigenvalue weighted by atomic mass is 35.5. The Balaban J connectivity index is 1.59. The summed E-state index contributed by atoms with van der Waals surface area (Å²) in [4.78, 5) is 24.4. The van der Waals surface area contributed by atoms with Crippen molar-refractivity contribution in [1.82, 2.24) is 9.88 Å². The molecule has 3 rings (SSSR count). The van der Waals surface area contributed by atoms with Gasteiger partial charge in [0.1, 0.15) is 0 Å². The maximum absolute atomic E-state index is 12.3. The van der Waals surface area contributed by atoms with Crippen molar-refractivity contribution in [2.24, 2.45) is 0 Å². The minimum Gasteiger partial charge on any atom is -0.343 e. The Bertz CT molecular complexity index is 1000. The second-order valence-electron chi connectivity index (χ2n) is 6.71. The Labute approximate surface area is 169 Å². The van der Waals surface area contributed by atoms with Crippen LogP contribution in [0.3, 0.4) is 0 Å². The number of aryl methyl sites for hydroxylation is 3. The summed E-state index contributed by atoms with van der Waals surface area (Å²) in [6.07, 6.45) is 0. The van der Waals surface area contributed by atoms with Gasteiger partial charge in [-0.1, -0.05) is 17.7 Å². The van der Waals surface area contributed by atoms with E-state index in [9.17, 15) is 9.59 Å². The summed E-state index contributed by atoms with van der Waals surface area (Å²) in [5.74, 6) is -0.646. The van der Waals surface area contributed by atoms with Gasteiger partial charge in [-0.25, -0.2) is 0 Å². The molecular weight excluding hydrogens is 374 g/mol. The van der Waals surface area contributed by atoms with Crippen LogP contribution in [0.2, 0.25) is 5.02 Å². The lowest BCUT2D eigenvalue weighted by Crippen LogP contribution is -2.32. The quantitative estimate of drug-likeness (QED) is 0.671. The summed E-state index contributed by atoms with van der Waals surface area (Å²) in [7, 11) is 0. The number of hydrogen-bond acceptors (Lipinski definition) is 2. The molecule has 0 aliphatic rings. The molecule has 0 unspecified atom stereocenters. The van der Waals surface area contributed by atoms with E-state index in [1.807, 2.05) is 39.0 Å². The molecule has 1 aromatic heterocycles. The summed E-state index contributed by atoms with van der Waals surface area (Å²) in [6.45, 7) is 5.85. The van der Waals surface area contributed by atoms with Crippen molar-refractivity contribution in [3.63, 3.8) is 0 Å². The normalized spacial score (nSPS) is 10.6. The van der Waals surface area contributed by atoms with Crippen molar-refractivity contribution < 1.29 is 9.59 Å². The minimum atomic E-state index is -0.339. The molecule has 1 heterocycles. The van der Waals surface area contributed by atoms with Crippen LogP contribution in [0.4, 0.5) is 5.69 Å². The van der Waals surface area contributed by atoms with Crippen LogP contribution in [-0.4, -0.2) is 22.9 Å². The van der Waals surface area contributed by atoms with Gasteiger partial charge in [0.05, 0.1) is 17.3 Å². The number of hydrogen-bond donors (Lipinski definition) is 2. The van der Waals surface area contributed by atoms with E-state index >= 15 is 0 Å². The number of aromatic nitrogens is 1. The van der Waals surface area contributed by atoms with Gasteiger partial charge in [-0.05, 0) is 74.9 Å². The second-order valence-corrected chi connectivity index (χ2v) is 7.12. The lowest BCUT2D eigenvalue weighted by molar-refractivity contribution is -0.115. The van der Waals surface area contributed by atoms with Gasteiger partial charge in [-0.15, -0.1) is 0 Å². The van der Waals surface area contributed by atoms with E-state index < -0.39 is 0 Å². The van der Waals surface area contributed by atoms with E-state index in [-0.39, 0.29) is 18.4 Å². The summed E-state index contributed by atoms with van der Waals surface area (Å²) in [5, 5.41) is 5.79. The number of carbonyl (C=O) groups excluding carboxylic acids is 2. The van der Waals surface area contributed by atoms with Crippen LogP contribution in [-0.2, 0) is 4.79 Å². The van der Waals surface area contributed by atoms with Crippen LogP contribution < -0.4 is 10.6 Å². The number of amides is 2. The maximum Gasteiger partial charge on any atom is 0.251 e. The van der Waals surface area contributed by atoms with Gasteiger partial charge in [0.15, 0.2) is 0 Å². The molecule has 0 fully saturated rings. The molecule has 2 aromatic carbocycles. The van der Waals surface area contributed by atoms with Gasteiger partial charge >= 0.3 is 0 Å². The molecule has 3 aromatic rings. The standard InChI is InChI=1S/C22H22ClN3O2/c1-14-4-11-20(19(23)12-14)25-21(27)13-24-22(28)17-7-9-18(10-8-17)26-15(2)5-6-16(26)3/h4-12H,13H2,1-3H3,(H,24,28)(H,25,27). The van der Waals surface area contributed by atoms with Crippen LogP contribution in [0.1, 0.15) is 27.3 Å². The Morgan fingerprint density at radius 2 is 1.57 bits per heavy atom. The van der Waals surface area contributed by atoms with E-state index in [2.05, 4.69) is 27.3 Å². The molecule has 28 heavy (non-hydrogen) atoms. The summed E-state index contributed by atoms with van der Waals surface area (Å²) in [5.41, 5.74) is 5.26. The molecule has 5 nitrogen and oxygen atoms in total. The number of benzene rings is 2. The lowest BCUT2D eigenvalue weighted by atomic mass is 10.2. The average Bonchev–Trinajstić information content (AvgIpc) is 3.00. The van der Waals surface area contributed by atoms with Crippen molar-refractivity contribution in [1.29, 1.82) is 0 Å². The van der Waals surface area contributed by atoms with Gasteiger partial charge in [0.2, 0.25) is 5.91 Å². The van der Waals surface area contributed by atoms with E-state index in [1.165, 1.54) is 0 Å². The molecule has 2 N–H and O–H groups in total. The summed E-state index contributed by atoms with van der Waals surface area (Å²) >= 11 is 6.11. The Morgan fingerprint density at radius 3 is 2.18 bits per heavy atom. The molecule has 144 valence electrons. The Morgan fingerprint density at radius 1 is 0.929 bits per heavy atom. The third-order valence-corrected chi connectivity index (χ3v) is 4.78. The van der Waals surface area contributed by atoms with Gasteiger partial charge in [0.25, 0.3) is 5.91 Å². The largest absolute Gasteiger partial charge is 0.343 e. The highest BCUT2D eigenvalue weighted by molar-refractivity contribution is 6.33. The van der Waals surface area contributed by atoms with Crippen molar-refractivity contribution >= 4 is 29.1 Å². The fraction of sp³-hybridized carbons (Fsp3) is 0.182. The lowest BCUT2D eigenvalue weighted by Gasteiger charge is -2.11. The van der Waals surface area contributed by atoms with Gasteiger partial charge in [-0.2, -0.15) is 0 Å². The van der Waals surface area contributed by atoms with Gasteiger partial charge in [0, 0.05) is 22.6 Å². The first-order valence-corrected chi connectivity index (χ1v) is 9.32. The molecular formula is C22H22ClN3O2. The zero-order valence-electron chi connectivity index (χ0n) is 16.0. The second kappa shape index (κ2) is 8.31. The molecule has 0 spiro atoms. The predicted molar refractivity (Wildman–Crippen MR) is 112 cm³/mol. The fourth-order valence-corrected chi connectivity index (χ4v) is 3.30. The van der Waals surface area contributed by atoms with Crippen LogP contribution in [0.15, 0.2) is 54.6 Å². The van der Waals surface area contributed by atoms with Crippen molar-refractivity contribution in [3.8, 4) is 5.69 Å². The Hall–Kier alpha value is -3.05. The van der Waals surface area contributed by atoms with Crippen molar-refractivity contribution in [2.75, 3.05) is 11.9 Å². The number of rotatable bonds is 5. The summed E-state index contributed by atoms with van der Waals surface area (Å²) < 4.78 is 2.11. The molecule has 2 amide bonds. The third kappa shape index (κ3) is 4.43. The number of anilines is 1. The minimum absolute atomic E-state index is 0.138. The first-order valence-electron chi connectivity index (χ1n) is 8.95. The molecule has 0 saturated heterocycles. The first-order chi connectivity index (χ1) is 13.3. The predicted octanol–water partition coefficient (Wildman–Crippen LogP) is 4.42. The topological polar surface area (TPSA) is 63.1 Å². The molecule has 0 bridgehead atoms. The molecule has 0 atom stereocenters. The zero-order valence-corrected chi connectivity index (χ0v) is 16.8. The number of carbonyl (C=O) groups is 2.